The van der Waals surface area contributed by atoms with Crippen LogP contribution in [0.15, 0.2) is 54.9 Å². The second-order valence-corrected chi connectivity index (χ2v) is 9.27. The molecule has 32 heavy (non-hydrogen) atoms. The van der Waals surface area contributed by atoms with Crippen molar-refractivity contribution < 1.29 is 13.9 Å². The number of pyridine rings is 1. The summed E-state index contributed by atoms with van der Waals surface area (Å²) in [4.78, 5) is 39.0. The molecule has 0 saturated carbocycles. The van der Waals surface area contributed by atoms with Crippen molar-refractivity contribution in [1.82, 2.24) is 9.47 Å². The first kappa shape index (κ1) is 21.0. The number of hydrogen-bond acceptors (Lipinski definition) is 5. The van der Waals surface area contributed by atoms with Gasteiger partial charge in [0.2, 0.25) is 0 Å². The summed E-state index contributed by atoms with van der Waals surface area (Å²) >= 11 is 3.30. The second kappa shape index (κ2) is 8.24. The first-order valence-corrected chi connectivity index (χ1v) is 11.6. The second-order valence-electron chi connectivity index (χ2n) is 8.48. The van der Waals surface area contributed by atoms with E-state index in [9.17, 15) is 14.4 Å². The van der Waals surface area contributed by atoms with Crippen molar-refractivity contribution in [2.45, 2.75) is 32.2 Å². The summed E-state index contributed by atoms with van der Waals surface area (Å²) < 4.78 is 13.4. The van der Waals surface area contributed by atoms with E-state index in [0.29, 0.717) is 41.9 Å². The van der Waals surface area contributed by atoms with Crippen LogP contribution in [0.5, 0.6) is 5.75 Å². The third-order valence-electron chi connectivity index (χ3n) is 6.47. The lowest BCUT2D eigenvalue weighted by Crippen LogP contribution is -2.50. The van der Waals surface area contributed by atoms with Crippen molar-refractivity contribution in [2.24, 2.45) is 5.92 Å². The number of piperidine rings is 1. The van der Waals surface area contributed by atoms with Crippen LogP contribution >= 0.6 is 15.9 Å². The van der Waals surface area contributed by atoms with Crippen LogP contribution in [-0.4, -0.2) is 35.1 Å². The highest BCUT2D eigenvalue weighted by atomic mass is 79.9. The van der Waals surface area contributed by atoms with E-state index >= 15 is 0 Å². The molecule has 1 amide bonds. The minimum absolute atomic E-state index is 0.0292. The number of ether oxygens (including phenoxy) is 1. The number of carbonyl (C=O) groups excluding carboxylic acids is 1. The molecule has 2 bridgehead atoms. The molecule has 7 nitrogen and oxygen atoms in total. The zero-order chi connectivity index (χ0) is 22.4. The van der Waals surface area contributed by atoms with Gasteiger partial charge in [0.25, 0.3) is 11.5 Å². The molecule has 3 aromatic rings. The number of aryl methyl sites for hydroxylation is 1. The monoisotopic (exact) mass is 498 g/mol. The highest BCUT2D eigenvalue weighted by molar-refractivity contribution is 9.10. The Morgan fingerprint density at radius 2 is 2.03 bits per heavy atom. The minimum atomic E-state index is -0.429. The molecule has 2 unspecified atom stereocenters. The highest BCUT2D eigenvalue weighted by Gasteiger charge is 2.36. The lowest BCUT2D eigenvalue weighted by Gasteiger charge is -2.42. The van der Waals surface area contributed by atoms with Gasteiger partial charge in [0.05, 0.1) is 0 Å². The van der Waals surface area contributed by atoms with Gasteiger partial charge >= 0.3 is 5.63 Å². The lowest BCUT2D eigenvalue weighted by molar-refractivity contribution is -0.136. The zero-order valence-electron chi connectivity index (χ0n) is 17.7. The summed E-state index contributed by atoms with van der Waals surface area (Å²) in [5.41, 5.74) is 1.94. The Labute approximate surface area is 192 Å². The molecule has 0 spiro atoms. The summed E-state index contributed by atoms with van der Waals surface area (Å²) in [6, 6.07) is 10.7. The van der Waals surface area contributed by atoms with Gasteiger partial charge in [0.15, 0.2) is 6.61 Å². The molecule has 1 fully saturated rings. The van der Waals surface area contributed by atoms with Crippen LogP contribution in [0.4, 0.5) is 0 Å². The van der Waals surface area contributed by atoms with Gasteiger partial charge < -0.3 is 18.6 Å². The first-order valence-electron chi connectivity index (χ1n) is 10.8. The van der Waals surface area contributed by atoms with Gasteiger partial charge in [0, 0.05) is 48.8 Å². The van der Waals surface area contributed by atoms with Crippen LogP contribution in [0.25, 0.3) is 11.0 Å². The average molecular weight is 499 g/mol. The Hall–Kier alpha value is -2.87. The number of amides is 1. The zero-order valence-corrected chi connectivity index (χ0v) is 19.3. The molecule has 2 aromatic heterocycles. The van der Waals surface area contributed by atoms with Crippen molar-refractivity contribution >= 4 is 32.8 Å². The predicted molar refractivity (Wildman–Crippen MR) is 123 cm³/mol. The van der Waals surface area contributed by atoms with Gasteiger partial charge in [-0.15, -0.1) is 0 Å². The molecule has 0 N–H and O–H groups in total. The van der Waals surface area contributed by atoms with E-state index in [1.807, 2.05) is 28.5 Å². The fourth-order valence-electron chi connectivity index (χ4n) is 4.99. The molecular weight excluding hydrogens is 476 g/mol. The van der Waals surface area contributed by atoms with Crippen molar-refractivity contribution in [1.29, 1.82) is 0 Å². The number of likely N-dealkylation sites (tertiary alicyclic amines) is 1. The molecule has 4 heterocycles. The summed E-state index contributed by atoms with van der Waals surface area (Å²) in [5.74, 6) is 0.831. The van der Waals surface area contributed by atoms with Gasteiger partial charge in [-0.2, -0.15) is 0 Å². The van der Waals surface area contributed by atoms with Crippen LogP contribution in [0.3, 0.4) is 0 Å². The minimum Gasteiger partial charge on any atom is -0.484 e. The Morgan fingerprint density at radius 3 is 2.84 bits per heavy atom. The summed E-state index contributed by atoms with van der Waals surface area (Å²) in [6.07, 6.45) is 1.68. The van der Waals surface area contributed by atoms with Gasteiger partial charge in [-0.1, -0.05) is 13.0 Å². The Bertz CT molecular complexity index is 1330. The van der Waals surface area contributed by atoms with Crippen molar-refractivity contribution in [2.75, 3.05) is 19.7 Å². The molecule has 1 aromatic carbocycles. The van der Waals surface area contributed by atoms with E-state index in [-0.39, 0.29) is 29.9 Å². The number of carbonyl (C=O) groups is 1. The maximum absolute atomic E-state index is 12.9. The fraction of sp³-hybridized carbons (Fsp3) is 0.375. The Balaban J connectivity index is 1.30. The van der Waals surface area contributed by atoms with Gasteiger partial charge in [-0.3, -0.25) is 9.59 Å². The Kier molecular flexibility index (Phi) is 5.41. The number of aromatic nitrogens is 1. The van der Waals surface area contributed by atoms with E-state index < -0.39 is 5.63 Å². The normalized spacial score (nSPS) is 19.6. The van der Waals surface area contributed by atoms with Crippen molar-refractivity contribution in [3.05, 3.63) is 72.9 Å². The summed E-state index contributed by atoms with van der Waals surface area (Å²) in [6.45, 7) is 3.75. The standard InChI is InChI=1S/C24H23BrN2O5/c1-2-17-18-7-6-16(9-20(18)32-24(30)23(17)25)31-13-22(29)26-10-14-8-15(12-26)19-4-3-5-21(28)27(19)11-14/h3-7,9,14-15H,2,8,10-13H2,1H3. The number of fused-ring (bicyclic) bond motifs is 5. The van der Waals surface area contributed by atoms with Crippen LogP contribution in [-0.2, 0) is 17.8 Å². The largest absolute Gasteiger partial charge is 0.484 e. The molecule has 8 heteroatoms. The summed E-state index contributed by atoms with van der Waals surface area (Å²) in [5, 5.41) is 0.843. The third-order valence-corrected chi connectivity index (χ3v) is 7.28. The van der Waals surface area contributed by atoms with Crippen LogP contribution in [0.2, 0.25) is 0 Å². The number of benzene rings is 1. The fourth-order valence-corrected chi connectivity index (χ4v) is 5.57. The van der Waals surface area contributed by atoms with Crippen LogP contribution in [0, 0.1) is 5.92 Å². The number of halogens is 1. The van der Waals surface area contributed by atoms with E-state index in [4.69, 9.17) is 9.15 Å². The predicted octanol–water partition coefficient (Wildman–Crippen LogP) is 3.30. The van der Waals surface area contributed by atoms with Crippen LogP contribution in [0.1, 0.15) is 30.5 Å². The van der Waals surface area contributed by atoms with Gasteiger partial charge in [-0.25, -0.2) is 4.79 Å². The van der Waals surface area contributed by atoms with Crippen molar-refractivity contribution in [3.8, 4) is 5.75 Å². The maximum Gasteiger partial charge on any atom is 0.350 e. The number of nitrogens with zero attached hydrogens (tertiary/aromatic N) is 2. The van der Waals surface area contributed by atoms with Gasteiger partial charge in [0.1, 0.15) is 15.8 Å². The quantitative estimate of drug-likeness (QED) is 0.515. The highest BCUT2D eigenvalue weighted by Crippen LogP contribution is 2.35. The van der Waals surface area contributed by atoms with E-state index in [0.717, 1.165) is 23.1 Å². The smallest absolute Gasteiger partial charge is 0.350 e. The molecule has 5 rings (SSSR count). The number of rotatable bonds is 4. The van der Waals surface area contributed by atoms with E-state index in [2.05, 4.69) is 15.9 Å². The molecule has 0 aliphatic carbocycles. The molecule has 2 atom stereocenters. The topological polar surface area (TPSA) is 81.8 Å². The van der Waals surface area contributed by atoms with Gasteiger partial charge in [-0.05, 0) is 58.5 Å². The molecule has 166 valence electrons. The van der Waals surface area contributed by atoms with Crippen LogP contribution < -0.4 is 15.9 Å². The SMILES string of the molecule is CCc1c(Br)c(=O)oc2cc(OCC(=O)N3CC4CC(C3)c3cccc(=O)n3C4)ccc12. The Morgan fingerprint density at radius 1 is 1.19 bits per heavy atom. The molecule has 0 radical (unpaired) electrons. The molecule has 2 aliphatic heterocycles. The molecule has 2 aliphatic rings. The number of hydrogen-bond donors (Lipinski definition) is 0. The van der Waals surface area contributed by atoms with E-state index in [1.54, 1.807) is 24.3 Å². The molecule has 1 saturated heterocycles. The first-order chi connectivity index (χ1) is 15.4. The third kappa shape index (κ3) is 3.66. The average Bonchev–Trinajstić information content (AvgIpc) is 2.79. The molecular formula is C24H23BrN2O5. The van der Waals surface area contributed by atoms with Crippen molar-refractivity contribution in [3.63, 3.8) is 0 Å². The maximum atomic E-state index is 12.9. The lowest BCUT2D eigenvalue weighted by atomic mass is 9.83. The van der Waals surface area contributed by atoms with E-state index in [1.165, 1.54) is 0 Å². The summed E-state index contributed by atoms with van der Waals surface area (Å²) in [7, 11) is 0.